The van der Waals surface area contributed by atoms with Gasteiger partial charge in [-0.2, -0.15) is 0 Å². The molecule has 10 aromatic carbocycles. The first-order valence-corrected chi connectivity index (χ1v) is 18.6. The van der Waals surface area contributed by atoms with Gasteiger partial charge in [0.2, 0.25) is 0 Å². The first-order chi connectivity index (χ1) is 26.8. The molecule has 0 spiro atoms. The summed E-state index contributed by atoms with van der Waals surface area (Å²) in [6.45, 7) is 0. The zero-order valence-corrected chi connectivity index (χ0v) is 29.5. The lowest BCUT2D eigenvalue weighted by atomic mass is 9.85. The molecule has 1 aromatic heterocycles. The summed E-state index contributed by atoms with van der Waals surface area (Å²) in [6.07, 6.45) is 1.89. The number of pyridine rings is 1. The average Bonchev–Trinajstić information content (AvgIpc) is 3.25. The first-order valence-electron chi connectivity index (χ1n) is 18.6. The van der Waals surface area contributed by atoms with Crippen LogP contribution in [0.2, 0.25) is 0 Å². The van der Waals surface area contributed by atoms with Gasteiger partial charge in [-0.25, -0.2) is 0 Å². The van der Waals surface area contributed by atoms with E-state index < -0.39 is 0 Å². The maximum Gasteiger partial charge on any atom is 0.0714 e. The molecule has 11 rings (SSSR count). The van der Waals surface area contributed by atoms with Crippen molar-refractivity contribution >= 4 is 64.6 Å². The van der Waals surface area contributed by atoms with E-state index in [-0.39, 0.29) is 0 Å². The third kappa shape index (κ3) is 4.83. The highest BCUT2D eigenvalue weighted by atomic mass is 14.7. The second kappa shape index (κ2) is 12.3. The van der Waals surface area contributed by atoms with E-state index in [0.717, 1.165) is 5.69 Å². The van der Waals surface area contributed by atoms with Gasteiger partial charge in [-0.15, -0.1) is 0 Å². The SMILES string of the molecule is c1ccc(-c2ccc3c(-c4ccc5cc(-c6ccc7c8ccccc8c8ccccc8c7c6)ccc5c4)c4ccccc4c(-c4ccccn4)c3c2)cc1. The average molecular weight is 684 g/mol. The van der Waals surface area contributed by atoms with E-state index in [1.54, 1.807) is 0 Å². The van der Waals surface area contributed by atoms with Gasteiger partial charge in [-0.1, -0.05) is 158 Å². The minimum absolute atomic E-state index is 0.983. The summed E-state index contributed by atoms with van der Waals surface area (Å²) in [4.78, 5) is 4.87. The highest BCUT2D eigenvalue weighted by Crippen LogP contribution is 2.45. The molecule has 0 amide bonds. The molecule has 0 aliphatic heterocycles. The molecule has 1 heterocycles. The second-order valence-electron chi connectivity index (χ2n) is 14.3. The number of rotatable bonds is 4. The monoisotopic (exact) mass is 683 g/mol. The van der Waals surface area contributed by atoms with Crippen LogP contribution in [0, 0.1) is 0 Å². The van der Waals surface area contributed by atoms with Gasteiger partial charge in [-0.3, -0.25) is 4.98 Å². The molecule has 1 heteroatoms. The lowest BCUT2D eigenvalue weighted by molar-refractivity contribution is 1.34. The molecular weight excluding hydrogens is 651 g/mol. The minimum Gasteiger partial charge on any atom is -0.256 e. The Morgan fingerprint density at radius 2 is 0.685 bits per heavy atom. The van der Waals surface area contributed by atoms with E-state index in [1.165, 1.54) is 104 Å². The van der Waals surface area contributed by atoms with Gasteiger partial charge in [0.25, 0.3) is 0 Å². The zero-order chi connectivity index (χ0) is 35.6. The largest absolute Gasteiger partial charge is 0.256 e. The summed E-state index contributed by atoms with van der Waals surface area (Å²) in [7, 11) is 0. The van der Waals surface area contributed by atoms with Crippen LogP contribution >= 0.6 is 0 Å². The number of hydrogen-bond donors (Lipinski definition) is 0. The fourth-order valence-electron chi connectivity index (χ4n) is 8.75. The second-order valence-corrected chi connectivity index (χ2v) is 14.3. The molecule has 0 aliphatic rings. The van der Waals surface area contributed by atoms with Crippen molar-refractivity contribution in [3.63, 3.8) is 0 Å². The Bertz CT molecular complexity index is 3220. The van der Waals surface area contributed by atoms with Gasteiger partial charge in [0.1, 0.15) is 0 Å². The van der Waals surface area contributed by atoms with E-state index in [0.29, 0.717) is 0 Å². The van der Waals surface area contributed by atoms with Gasteiger partial charge in [-0.05, 0) is 134 Å². The summed E-state index contributed by atoms with van der Waals surface area (Å²) >= 11 is 0. The van der Waals surface area contributed by atoms with Crippen LogP contribution in [0.3, 0.4) is 0 Å². The van der Waals surface area contributed by atoms with Crippen LogP contribution in [0.15, 0.2) is 200 Å². The molecule has 0 unspecified atom stereocenters. The Morgan fingerprint density at radius 1 is 0.241 bits per heavy atom. The summed E-state index contributed by atoms with van der Waals surface area (Å²) in [5, 5.41) is 15.1. The molecule has 11 aromatic rings. The Kier molecular flexibility index (Phi) is 6.93. The zero-order valence-electron chi connectivity index (χ0n) is 29.5. The van der Waals surface area contributed by atoms with E-state index in [9.17, 15) is 0 Å². The van der Waals surface area contributed by atoms with Crippen molar-refractivity contribution in [3.8, 4) is 44.6 Å². The van der Waals surface area contributed by atoms with Gasteiger partial charge in [0.15, 0.2) is 0 Å². The minimum atomic E-state index is 0.983. The number of aromatic nitrogens is 1. The lowest BCUT2D eigenvalue weighted by Gasteiger charge is -2.18. The van der Waals surface area contributed by atoms with Crippen molar-refractivity contribution in [1.82, 2.24) is 4.98 Å². The van der Waals surface area contributed by atoms with Crippen molar-refractivity contribution in [2.24, 2.45) is 0 Å². The molecule has 0 atom stereocenters. The van der Waals surface area contributed by atoms with Gasteiger partial charge in [0.05, 0.1) is 5.69 Å². The predicted octanol–water partition coefficient (Wildman–Crippen LogP) is 14.7. The van der Waals surface area contributed by atoms with Crippen molar-refractivity contribution in [2.45, 2.75) is 0 Å². The fourth-order valence-corrected chi connectivity index (χ4v) is 8.75. The maximum atomic E-state index is 4.87. The number of nitrogens with zero attached hydrogens (tertiary/aromatic N) is 1. The molecule has 0 radical (unpaired) electrons. The molecule has 0 saturated carbocycles. The summed E-state index contributed by atoms with van der Waals surface area (Å²) in [5.41, 5.74) is 9.46. The van der Waals surface area contributed by atoms with Crippen molar-refractivity contribution in [2.75, 3.05) is 0 Å². The van der Waals surface area contributed by atoms with Crippen LogP contribution < -0.4 is 0 Å². The van der Waals surface area contributed by atoms with Crippen LogP contribution in [-0.4, -0.2) is 4.98 Å². The standard InChI is InChI=1S/C53H33N/c1-2-12-34(13-3-1)38-26-28-48-50(33-38)53(51-20-10-11-29-54-51)47-19-9-8-18-46(47)52(48)40-24-23-35-30-36(21-22-37(35)31-40)39-25-27-45-43-16-5-4-14-41(43)42-15-6-7-17-44(42)49(45)32-39/h1-33H. The Hall–Kier alpha value is -7.09. The Labute approximate surface area is 313 Å². The topological polar surface area (TPSA) is 12.9 Å². The number of hydrogen-bond acceptors (Lipinski definition) is 1. The first kappa shape index (κ1) is 30.5. The number of benzene rings is 10. The molecule has 0 fully saturated rings. The third-order valence-corrected chi connectivity index (χ3v) is 11.3. The van der Waals surface area contributed by atoms with Crippen LogP contribution in [0.1, 0.15) is 0 Å². The molecular formula is C53H33N. The van der Waals surface area contributed by atoms with Crippen molar-refractivity contribution in [1.29, 1.82) is 0 Å². The van der Waals surface area contributed by atoms with Gasteiger partial charge >= 0.3 is 0 Å². The van der Waals surface area contributed by atoms with E-state index in [1.807, 2.05) is 12.3 Å². The van der Waals surface area contributed by atoms with E-state index in [2.05, 4.69) is 188 Å². The molecule has 1 nitrogen and oxygen atoms in total. The lowest BCUT2D eigenvalue weighted by Crippen LogP contribution is -1.93. The van der Waals surface area contributed by atoms with Crippen molar-refractivity contribution < 1.29 is 0 Å². The molecule has 0 bridgehead atoms. The summed E-state index contributed by atoms with van der Waals surface area (Å²) in [5.74, 6) is 0. The van der Waals surface area contributed by atoms with Crippen LogP contribution in [0.4, 0.5) is 0 Å². The highest BCUT2D eigenvalue weighted by Gasteiger charge is 2.19. The van der Waals surface area contributed by atoms with E-state index >= 15 is 0 Å². The maximum absolute atomic E-state index is 4.87. The normalized spacial score (nSPS) is 11.7. The quantitative estimate of drug-likeness (QED) is 0.133. The molecule has 250 valence electrons. The molecule has 0 saturated heterocycles. The highest BCUT2D eigenvalue weighted by molar-refractivity contribution is 6.26. The summed E-state index contributed by atoms with van der Waals surface area (Å²) < 4.78 is 0. The van der Waals surface area contributed by atoms with Crippen molar-refractivity contribution in [3.05, 3.63) is 200 Å². The predicted molar refractivity (Wildman–Crippen MR) is 231 cm³/mol. The Morgan fingerprint density at radius 3 is 1.35 bits per heavy atom. The Balaban J connectivity index is 1.09. The van der Waals surface area contributed by atoms with Crippen LogP contribution in [0.25, 0.3) is 109 Å². The van der Waals surface area contributed by atoms with Crippen LogP contribution in [0.5, 0.6) is 0 Å². The van der Waals surface area contributed by atoms with E-state index in [4.69, 9.17) is 4.98 Å². The third-order valence-electron chi connectivity index (χ3n) is 11.3. The molecule has 0 aliphatic carbocycles. The van der Waals surface area contributed by atoms with Crippen LogP contribution in [-0.2, 0) is 0 Å². The fraction of sp³-hybridized carbons (Fsp3) is 0. The van der Waals surface area contributed by atoms with Gasteiger partial charge in [0, 0.05) is 11.8 Å². The molecule has 54 heavy (non-hydrogen) atoms. The smallest absolute Gasteiger partial charge is 0.0714 e. The molecule has 0 N–H and O–H groups in total. The van der Waals surface area contributed by atoms with Gasteiger partial charge < -0.3 is 0 Å². The summed E-state index contributed by atoms with van der Waals surface area (Å²) in [6, 6.07) is 71.0. The number of fused-ring (bicyclic) bond motifs is 9.